The molecule has 0 aliphatic carbocycles. The second-order valence-electron chi connectivity index (χ2n) is 8.04. The Morgan fingerprint density at radius 1 is 1.31 bits per heavy atom. The third-order valence-corrected chi connectivity index (χ3v) is 5.07. The predicted octanol–water partition coefficient (Wildman–Crippen LogP) is 1.78. The van der Waals surface area contributed by atoms with Crippen LogP contribution in [0.3, 0.4) is 0 Å². The third-order valence-electron chi connectivity index (χ3n) is 4.85. The van der Waals surface area contributed by atoms with E-state index in [0.29, 0.717) is 23.6 Å². The fourth-order valence-electron chi connectivity index (χ4n) is 3.82. The normalized spacial score (nSPS) is 20.2. The summed E-state index contributed by atoms with van der Waals surface area (Å²) in [4.78, 5) is 16.3. The van der Waals surface area contributed by atoms with Crippen LogP contribution in [0.15, 0.2) is 12.1 Å². The summed E-state index contributed by atoms with van der Waals surface area (Å²) < 4.78 is 5.48. The molecule has 0 radical (unpaired) electrons. The van der Waals surface area contributed by atoms with Gasteiger partial charge in [-0.3, -0.25) is 0 Å². The van der Waals surface area contributed by atoms with Crippen LogP contribution in [0.2, 0.25) is 5.02 Å². The summed E-state index contributed by atoms with van der Waals surface area (Å²) in [5.74, 6) is 0. The minimum atomic E-state index is -1.58. The molecule has 2 aliphatic heterocycles. The van der Waals surface area contributed by atoms with Gasteiger partial charge >= 0.3 is 13.2 Å². The molecule has 0 saturated carbocycles. The van der Waals surface area contributed by atoms with Gasteiger partial charge in [0.2, 0.25) is 0 Å². The van der Waals surface area contributed by atoms with E-state index in [0.717, 1.165) is 37.1 Å². The Morgan fingerprint density at radius 2 is 2.04 bits per heavy atom. The van der Waals surface area contributed by atoms with Crippen molar-refractivity contribution in [3.63, 3.8) is 0 Å². The Balaban J connectivity index is 1.82. The van der Waals surface area contributed by atoms with Crippen molar-refractivity contribution in [2.75, 3.05) is 24.5 Å². The number of rotatable bonds is 2. The lowest BCUT2D eigenvalue weighted by atomic mass is 9.76. The van der Waals surface area contributed by atoms with Crippen LogP contribution in [0.1, 0.15) is 39.2 Å². The summed E-state index contributed by atoms with van der Waals surface area (Å²) in [6.45, 7) is 7.60. The molecule has 3 rings (SSSR count). The molecule has 0 aromatic heterocycles. The SMILES string of the molecule is CC(C)(C)OC(=O)N1CCC(N2CCCc3cc(Cl)cc(B(O)O)c32)C1. The molecule has 1 unspecified atom stereocenters. The Kier molecular flexibility index (Phi) is 5.42. The highest BCUT2D eigenvalue weighted by Gasteiger charge is 2.36. The van der Waals surface area contributed by atoms with Crippen molar-refractivity contribution >= 4 is 36.0 Å². The largest absolute Gasteiger partial charge is 0.490 e. The van der Waals surface area contributed by atoms with E-state index in [1.165, 1.54) is 0 Å². The lowest BCUT2D eigenvalue weighted by Crippen LogP contribution is -2.47. The molecule has 2 heterocycles. The quantitative estimate of drug-likeness (QED) is 0.765. The number of amides is 1. The number of carbonyl (C=O) groups excluding carboxylic acids is 1. The summed E-state index contributed by atoms with van der Waals surface area (Å²) in [7, 11) is -1.58. The Morgan fingerprint density at radius 3 is 2.69 bits per heavy atom. The first-order chi connectivity index (χ1) is 12.2. The average molecular weight is 381 g/mol. The Bertz CT molecular complexity index is 693. The Labute approximate surface area is 159 Å². The molecule has 1 aromatic rings. The van der Waals surface area contributed by atoms with E-state index in [1.54, 1.807) is 11.0 Å². The van der Waals surface area contributed by atoms with Crippen molar-refractivity contribution in [2.45, 2.75) is 51.7 Å². The van der Waals surface area contributed by atoms with Gasteiger partial charge in [-0.15, -0.1) is 0 Å². The molecule has 1 atom stereocenters. The van der Waals surface area contributed by atoms with Crippen molar-refractivity contribution in [3.8, 4) is 0 Å². The van der Waals surface area contributed by atoms with Gasteiger partial charge in [0.05, 0.1) is 0 Å². The van der Waals surface area contributed by atoms with Crippen molar-refractivity contribution < 1.29 is 19.6 Å². The van der Waals surface area contributed by atoms with E-state index < -0.39 is 12.7 Å². The zero-order valence-corrected chi connectivity index (χ0v) is 16.3. The molecule has 2 N–H and O–H groups in total. The van der Waals surface area contributed by atoms with E-state index in [1.807, 2.05) is 26.8 Å². The molecule has 2 aliphatic rings. The Hall–Kier alpha value is -1.44. The summed E-state index contributed by atoms with van der Waals surface area (Å²) in [6.07, 6.45) is 2.35. The van der Waals surface area contributed by atoms with Crippen LogP contribution < -0.4 is 10.4 Å². The van der Waals surface area contributed by atoms with Crippen LogP contribution in [0.5, 0.6) is 0 Å². The lowest BCUT2D eigenvalue weighted by molar-refractivity contribution is 0.0292. The fraction of sp³-hybridized carbons (Fsp3) is 0.611. The summed E-state index contributed by atoms with van der Waals surface area (Å²) in [5, 5.41) is 20.1. The van der Waals surface area contributed by atoms with Crippen LogP contribution in [0.25, 0.3) is 0 Å². The number of benzene rings is 1. The molecule has 26 heavy (non-hydrogen) atoms. The maximum absolute atomic E-state index is 12.3. The molecule has 0 spiro atoms. The molecule has 1 amide bonds. The number of ether oxygens (including phenoxy) is 1. The monoisotopic (exact) mass is 380 g/mol. The first-order valence-corrected chi connectivity index (χ1v) is 9.46. The van der Waals surface area contributed by atoms with Crippen molar-refractivity contribution in [1.82, 2.24) is 4.90 Å². The van der Waals surface area contributed by atoms with Crippen LogP contribution in [-0.2, 0) is 11.2 Å². The van der Waals surface area contributed by atoms with Crippen LogP contribution in [-0.4, -0.2) is 59.4 Å². The van der Waals surface area contributed by atoms with E-state index in [-0.39, 0.29) is 12.1 Å². The molecule has 1 aromatic carbocycles. The van der Waals surface area contributed by atoms with Gasteiger partial charge in [-0.25, -0.2) is 4.79 Å². The molecule has 1 fully saturated rings. The first kappa shape index (κ1) is 19.3. The standard InChI is InChI=1S/C18H26BClN2O4/c1-18(2,3)26-17(23)21-8-6-14(11-21)22-7-4-5-12-9-13(20)10-15(16(12)22)19(24)25/h9-10,14,24-25H,4-8,11H2,1-3H3. The highest BCUT2D eigenvalue weighted by Crippen LogP contribution is 2.32. The number of hydrogen-bond donors (Lipinski definition) is 2. The van der Waals surface area contributed by atoms with Crippen LogP contribution in [0, 0.1) is 0 Å². The smallest absolute Gasteiger partial charge is 0.444 e. The lowest BCUT2D eigenvalue weighted by Gasteiger charge is -2.38. The molecular formula is C18H26BClN2O4. The minimum absolute atomic E-state index is 0.125. The van der Waals surface area contributed by atoms with Crippen molar-refractivity contribution in [2.24, 2.45) is 0 Å². The summed E-state index contributed by atoms with van der Waals surface area (Å²) in [5.41, 5.74) is 1.80. The summed E-state index contributed by atoms with van der Waals surface area (Å²) >= 11 is 6.15. The van der Waals surface area contributed by atoms with E-state index in [9.17, 15) is 14.8 Å². The molecule has 8 heteroatoms. The number of carbonyl (C=O) groups is 1. The van der Waals surface area contributed by atoms with Gasteiger partial charge in [-0.1, -0.05) is 11.6 Å². The molecule has 142 valence electrons. The predicted molar refractivity (Wildman–Crippen MR) is 103 cm³/mol. The first-order valence-electron chi connectivity index (χ1n) is 9.09. The third kappa shape index (κ3) is 4.10. The number of fused-ring (bicyclic) bond motifs is 1. The number of nitrogens with zero attached hydrogens (tertiary/aromatic N) is 2. The van der Waals surface area contributed by atoms with Gasteiger partial charge in [0.1, 0.15) is 5.60 Å². The summed E-state index contributed by atoms with van der Waals surface area (Å²) in [6, 6.07) is 3.64. The maximum atomic E-state index is 12.3. The van der Waals surface area contributed by atoms with E-state index in [2.05, 4.69) is 4.90 Å². The van der Waals surface area contributed by atoms with Gasteiger partial charge in [0, 0.05) is 41.8 Å². The maximum Gasteiger partial charge on any atom is 0.490 e. The number of likely N-dealkylation sites (tertiary alicyclic amines) is 1. The number of aryl methyl sites for hydroxylation is 1. The molecule has 6 nitrogen and oxygen atoms in total. The minimum Gasteiger partial charge on any atom is -0.444 e. The number of anilines is 1. The molecule has 1 saturated heterocycles. The van der Waals surface area contributed by atoms with Gasteiger partial charge in [0.15, 0.2) is 0 Å². The topological polar surface area (TPSA) is 73.2 Å². The van der Waals surface area contributed by atoms with Gasteiger partial charge in [0.25, 0.3) is 0 Å². The van der Waals surface area contributed by atoms with Crippen LogP contribution in [0.4, 0.5) is 10.5 Å². The second-order valence-corrected chi connectivity index (χ2v) is 8.48. The highest BCUT2D eigenvalue weighted by molar-refractivity contribution is 6.61. The van der Waals surface area contributed by atoms with Crippen molar-refractivity contribution in [1.29, 1.82) is 0 Å². The number of halogens is 1. The zero-order chi connectivity index (χ0) is 19.1. The van der Waals surface area contributed by atoms with Crippen molar-refractivity contribution in [3.05, 3.63) is 22.7 Å². The zero-order valence-electron chi connectivity index (χ0n) is 15.5. The highest BCUT2D eigenvalue weighted by atomic mass is 35.5. The average Bonchev–Trinajstić information content (AvgIpc) is 3.01. The molecular weight excluding hydrogens is 354 g/mol. The second kappa shape index (κ2) is 7.29. The number of hydrogen-bond acceptors (Lipinski definition) is 5. The van der Waals surface area contributed by atoms with Gasteiger partial charge in [-0.2, -0.15) is 0 Å². The fourth-order valence-corrected chi connectivity index (χ4v) is 4.07. The van der Waals surface area contributed by atoms with E-state index in [4.69, 9.17) is 16.3 Å². The van der Waals surface area contributed by atoms with E-state index >= 15 is 0 Å². The van der Waals surface area contributed by atoms with Crippen LogP contribution >= 0.6 is 11.6 Å². The van der Waals surface area contributed by atoms with Gasteiger partial charge < -0.3 is 24.6 Å². The molecule has 0 bridgehead atoms. The van der Waals surface area contributed by atoms with Gasteiger partial charge in [-0.05, 0) is 57.7 Å².